The Kier molecular flexibility index (Phi) is 1.75. The van der Waals surface area contributed by atoms with Gasteiger partial charge in [0, 0.05) is 18.0 Å². The molecular weight excluding hydrogens is 182 g/mol. The van der Waals surface area contributed by atoms with Crippen LogP contribution in [0, 0.1) is 0 Å². The highest BCUT2D eigenvalue weighted by Gasteiger charge is 2.14. The van der Waals surface area contributed by atoms with Crippen molar-refractivity contribution < 1.29 is 0 Å². The van der Waals surface area contributed by atoms with E-state index in [-0.39, 0.29) is 0 Å². The third kappa shape index (κ3) is 1.39. The number of hydrogen-bond donors (Lipinski definition) is 0. The maximum Gasteiger partial charge on any atom is 0.0527 e. The van der Waals surface area contributed by atoms with E-state index in [1.54, 1.807) is 0 Å². The normalized spacial score (nSPS) is 14.7. The fraction of sp³-hybridized carbons (Fsp3) is 0.286. The molecule has 2 aromatic rings. The Morgan fingerprint density at radius 1 is 1.20 bits per heavy atom. The highest BCUT2D eigenvalue weighted by Crippen LogP contribution is 2.34. The lowest BCUT2D eigenvalue weighted by molar-refractivity contribution is 0.863. The van der Waals surface area contributed by atoms with Crippen LogP contribution in [-0.2, 0) is 0 Å². The summed E-state index contributed by atoms with van der Waals surface area (Å²) in [5, 5.41) is 0. The molecule has 0 unspecified atom stereocenters. The molecule has 0 spiro atoms. The first kappa shape index (κ1) is 8.78. The Labute approximate surface area is 90.0 Å². The van der Waals surface area contributed by atoms with Crippen LogP contribution in [0.4, 0.5) is 0 Å². The first-order chi connectivity index (χ1) is 7.25. The van der Waals surface area contributed by atoms with Gasteiger partial charge in [0.05, 0.1) is 5.52 Å². The molecular formula is C14H15N. The van der Waals surface area contributed by atoms with E-state index in [9.17, 15) is 0 Å². The predicted octanol–water partition coefficient (Wildman–Crippen LogP) is 3.85. The van der Waals surface area contributed by atoms with Crippen molar-refractivity contribution in [3.63, 3.8) is 0 Å². The Bertz CT molecular complexity index is 543. The fourth-order valence-electron chi connectivity index (χ4n) is 2.02. The lowest BCUT2D eigenvalue weighted by Gasteiger charge is -2.06. The van der Waals surface area contributed by atoms with E-state index >= 15 is 0 Å². The van der Waals surface area contributed by atoms with Crippen molar-refractivity contribution in [2.45, 2.75) is 26.2 Å². The van der Waals surface area contributed by atoms with E-state index in [2.05, 4.69) is 54.9 Å². The molecule has 1 heteroatoms. The molecule has 0 radical (unpaired) electrons. The third-order valence-corrected chi connectivity index (χ3v) is 3.11. The molecule has 0 saturated heterocycles. The van der Waals surface area contributed by atoms with Crippen LogP contribution in [0.2, 0.25) is 0 Å². The molecule has 0 bridgehead atoms. The lowest BCUT2D eigenvalue weighted by atomic mass is 10.0. The molecule has 15 heavy (non-hydrogen) atoms. The van der Waals surface area contributed by atoms with Crippen molar-refractivity contribution in [3.8, 4) is 0 Å². The summed E-state index contributed by atoms with van der Waals surface area (Å²) < 4.78 is 2.21. The molecule has 0 aliphatic heterocycles. The molecule has 76 valence electrons. The van der Waals surface area contributed by atoms with Crippen molar-refractivity contribution in [2.75, 3.05) is 0 Å². The SMILES string of the molecule is CC(C)c1ccn2ccc(C3=CC3)c2c1. The van der Waals surface area contributed by atoms with Crippen LogP contribution in [0.3, 0.4) is 0 Å². The predicted molar refractivity (Wildman–Crippen MR) is 64.1 cm³/mol. The van der Waals surface area contributed by atoms with Crippen molar-refractivity contribution in [3.05, 3.63) is 47.8 Å². The summed E-state index contributed by atoms with van der Waals surface area (Å²) in [5.41, 5.74) is 5.68. The monoisotopic (exact) mass is 197 g/mol. The Hall–Kier alpha value is -1.50. The summed E-state index contributed by atoms with van der Waals surface area (Å²) in [6.07, 6.45) is 7.77. The van der Waals surface area contributed by atoms with E-state index in [1.807, 2.05) is 0 Å². The van der Waals surface area contributed by atoms with Crippen molar-refractivity contribution in [1.82, 2.24) is 4.40 Å². The Morgan fingerprint density at radius 3 is 2.60 bits per heavy atom. The molecule has 0 aromatic carbocycles. The first-order valence-electron chi connectivity index (χ1n) is 5.56. The van der Waals surface area contributed by atoms with Crippen LogP contribution in [0.15, 0.2) is 36.7 Å². The molecule has 1 aliphatic rings. The smallest absolute Gasteiger partial charge is 0.0527 e. The minimum Gasteiger partial charge on any atom is -0.323 e. The first-order valence-corrected chi connectivity index (χ1v) is 5.56. The van der Waals surface area contributed by atoms with Gasteiger partial charge in [0.2, 0.25) is 0 Å². The maximum absolute atomic E-state index is 2.32. The summed E-state index contributed by atoms with van der Waals surface area (Å²) in [5.74, 6) is 0.603. The van der Waals surface area contributed by atoms with Gasteiger partial charge in [0.15, 0.2) is 0 Å². The maximum atomic E-state index is 2.32. The number of rotatable bonds is 2. The van der Waals surface area contributed by atoms with Gasteiger partial charge in [-0.25, -0.2) is 0 Å². The zero-order valence-electron chi connectivity index (χ0n) is 9.20. The quantitative estimate of drug-likeness (QED) is 0.688. The largest absolute Gasteiger partial charge is 0.323 e. The molecule has 0 atom stereocenters. The van der Waals surface area contributed by atoms with Gasteiger partial charge in [0.25, 0.3) is 0 Å². The second kappa shape index (κ2) is 2.99. The van der Waals surface area contributed by atoms with E-state index in [4.69, 9.17) is 0 Å². The second-order valence-electron chi connectivity index (χ2n) is 4.57. The number of nitrogens with zero attached hydrogens (tertiary/aromatic N) is 1. The zero-order chi connectivity index (χ0) is 10.4. The fourth-order valence-corrected chi connectivity index (χ4v) is 2.02. The third-order valence-electron chi connectivity index (χ3n) is 3.11. The molecule has 1 aliphatic carbocycles. The highest BCUT2D eigenvalue weighted by molar-refractivity contribution is 5.86. The van der Waals surface area contributed by atoms with Crippen LogP contribution in [0.1, 0.15) is 37.3 Å². The van der Waals surface area contributed by atoms with E-state index in [0.717, 1.165) is 0 Å². The van der Waals surface area contributed by atoms with Gasteiger partial charge in [-0.15, -0.1) is 0 Å². The molecule has 2 heterocycles. The van der Waals surface area contributed by atoms with Gasteiger partial charge in [-0.3, -0.25) is 0 Å². The van der Waals surface area contributed by atoms with Crippen molar-refractivity contribution in [1.29, 1.82) is 0 Å². The average Bonchev–Trinajstić information content (AvgIpc) is 2.98. The number of pyridine rings is 1. The van der Waals surface area contributed by atoms with E-state index in [0.29, 0.717) is 5.92 Å². The zero-order valence-corrected chi connectivity index (χ0v) is 9.20. The van der Waals surface area contributed by atoms with Gasteiger partial charge >= 0.3 is 0 Å². The van der Waals surface area contributed by atoms with Crippen LogP contribution in [0.5, 0.6) is 0 Å². The van der Waals surface area contributed by atoms with Gasteiger partial charge in [-0.2, -0.15) is 0 Å². The number of hydrogen-bond acceptors (Lipinski definition) is 0. The molecule has 3 rings (SSSR count). The second-order valence-corrected chi connectivity index (χ2v) is 4.57. The number of aromatic nitrogens is 1. The van der Waals surface area contributed by atoms with Crippen LogP contribution in [0.25, 0.3) is 11.1 Å². The van der Waals surface area contributed by atoms with E-state index in [1.165, 1.54) is 28.6 Å². The summed E-state index contributed by atoms with van der Waals surface area (Å²) in [6.45, 7) is 4.48. The van der Waals surface area contributed by atoms with Gasteiger partial charge < -0.3 is 4.40 Å². The Morgan fingerprint density at radius 2 is 1.93 bits per heavy atom. The lowest BCUT2D eigenvalue weighted by Crippen LogP contribution is -1.90. The highest BCUT2D eigenvalue weighted by atomic mass is 14.9. The summed E-state index contributed by atoms with van der Waals surface area (Å²) in [6, 6.07) is 6.75. The summed E-state index contributed by atoms with van der Waals surface area (Å²) >= 11 is 0. The molecule has 2 aromatic heterocycles. The average molecular weight is 197 g/mol. The molecule has 1 nitrogen and oxygen atoms in total. The van der Waals surface area contributed by atoms with Crippen LogP contribution in [-0.4, -0.2) is 4.40 Å². The molecule has 0 fully saturated rings. The summed E-state index contributed by atoms with van der Waals surface area (Å²) in [4.78, 5) is 0. The van der Waals surface area contributed by atoms with Gasteiger partial charge in [-0.1, -0.05) is 19.9 Å². The molecule has 0 amide bonds. The van der Waals surface area contributed by atoms with E-state index < -0.39 is 0 Å². The van der Waals surface area contributed by atoms with Crippen molar-refractivity contribution in [2.24, 2.45) is 0 Å². The number of allylic oxidation sites excluding steroid dienone is 2. The van der Waals surface area contributed by atoms with Gasteiger partial charge in [-0.05, 0) is 41.7 Å². The minimum atomic E-state index is 0.603. The minimum absolute atomic E-state index is 0.603. The topological polar surface area (TPSA) is 4.41 Å². The summed E-state index contributed by atoms with van der Waals surface area (Å²) in [7, 11) is 0. The standard InChI is InChI=1S/C14H15N/c1-10(2)12-5-7-15-8-6-13(11-3-4-11)14(15)9-12/h3,5-10H,4H2,1-2H3. The molecule has 0 saturated carbocycles. The molecule has 0 N–H and O–H groups in total. The van der Waals surface area contributed by atoms with Crippen LogP contribution >= 0.6 is 0 Å². The van der Waals surface area contributed by atoms with Crippen molar-refractivity contribution >= 4 is 11.1 Å². The number of fused-ring (bicyclic) bond motifs is 1. The van der Waals surface area contributed by atoms with Gasteiger partial charge in [0.1, 0.15) is 0 Å². The van der Waals surface area contributed by atoms with Crippen LogP contribution < -0.4 is 0 Å². The Balaban J connectivity index is 2.22.